The number of fused-ring (bicyclic) bond motifs is 1. The Morgan fingerprint density at radius 3 is 2.46 bits per heavy atom. The Morgan fingerprint density at radius 1 is 1.11 bits per heavy atom. The maximum absolute atomic E-state index is 11.5. The van der Waals surface area contributed by atoms with Crippen LogP contribution in [0.5, 0.6) is 5.75 Å². The maximum atomic E-state index is 11.5. The van der Waals surface area contributed by atoms with Crippen molar-refractivity contribution in [2.45, 2.75) is 31.6 Å². The van der Waals surface area contributed by atoms with Crippen LogP contribution in [0.15, 0.2) is 36.9 Å². The van der Waals surface area contributed by atoms with Crippen molar-refractivity contribution < 1.29 is 19.4 Å². The second kappa shape index (κ2) is 8.28. The van der Waals surface area contributed by atoms with Crippen molar-refractivity contribution in [2.24, 2.45) is 11.8 Å². The molecule has 4 rings (SSSR count). The molecule has 8 nitrogen and oxygen atoms in total. The van der Waals surface area contributed by atoms with E-state index in [-0.39, 0.29) is 12.1 Å². The fourth-order valence-corrected chi connectivity index (χ4v) is 4.35. The molecule has 0 unspecified atom stereocenters. The number of likely N-dealkylation sites (tertiary alicyclic amines) is 1. The molecule has 0 radical (unpaired) electrons. The fraction of sp³-hybridized carbons (Fsp3) is 0.550. The zero-order chi connectivity index (χ0) is 19.5. The number of esters is 1. The number of aliphatic hydroxyl groups is 1. The molecule has 1 aromatic carbocycles. The number of hydrogen-bond acceptors (Lipinski definition) is 7. The van der Waals surface area contributed by atoms with E-state index in [9.17, 15) is 9.90 Å². The molecule has 1 aliphatic heterocycles. The summed E-state index contributed by atoms with van der Waals surface area (Å²) in [7, 11) is 1.36. The van der Waals surface area contributed by atoms with Gasteiger partial charge >= 0.3 is 5.97 Å². The highest BCUT2D eigenvalue weighted by Gasteiger charge is 2.42. The predicted octanol–water partition coefficient (Wildman–Crippen LogP) is 1.21. The van der Waals surface area contributed by atoms with Crippen molar-refractivity contribution in [1.82, 2.24) is 19.7 Å². The van der Waals surface area contributed by atoms with Crippen molar-refractivity contribution in [3.8, 4) is 5.75 Å². The van der Waals surface area contributed by atoms with Crippen LogP contribution in [0.25, 0.3) is 0 Å². The summed E-state index contributed by atoms with van der Waals surface area (Å²) in [5.41, 5.74) is 0.485. The van der Waals surface area contributed by atoms with Crippen molar-refractivity contribution in [2.75, 3.05) is 26.7 Å². The predicted molar refractivity (Wildman–Crippen MR) is 101 cm³/mol. The van der Waals surface area contributed by atoms with E-state index in [4.69, 9.17) is 9.47 Å². The van der Waals surface area contributed by atoms with Crippen LogP contribution in [0.2, 0.25) is 0 Å². The lowest BCUT2D eigenvalue weighted by Crippen LogP contribution is -2.42. The molecule has 2 aromatic rings. The second-order valence-electron chi connectivity index (χ2n) is 7.69. The quantitative estimate of drug-likeness (QED) is 0.747. The van der Waals surface area contributed by atoms with Crippen molar-refractivity contribution in [3.05, 3.63) is 42.5 Å². The number of carbonyl (C=O) groups excluding carboxylic acids is 1. The third-order valence-electron chi connectivity index (χ3n) is 5.86. The highest BCUT2D eigenvalue weighted by atomic mass is 16.5. The number of benzene rings is 1. The number of ether oxygens (including phenoxy) is 2. The molecule has 1 aliphatic carbocycles. The monoisotopic (exact) mass is 386 g/mol. The molecule has 2 aliphatic rings. The molecular formula is C20H26N4O4. The average Bonchev–Trinajstić information content (AvgIpc) is 3.36. The standard InChI is InChI=1S/C20H26N4O4/c1-27-20(26)14-2-4-17(5-3-14)28-19-9-16-11-23(10-15(16)8-18(19)25)6-7-24-12-21-22-13-24/h2-5,12-13,15-16,18-19,25H,6-11H2,1H3/t15-,16+,18+,19+/m0/s1. The van der Waals surface area contributed by atoms with Crippen LogP contribution >= 0.6 is 0 Å². The Kier molecular flexibility index (Phi) is 5.59. The van der Waals surface area contributed by atoms with Crippen molar-refractivity contribution >= 4 is 5.97 Å². The van der Waals surface area contributed by atoms with Gasteiger partial charge in [0.25, 0.3) is 0 Å². The first kappa shape index (κ1) is 18.9. The lowest BCUT2D eigenvalue weighted by Gasteiger charge is -2.35. The summed E-state index contributed by atoms with van der Waals surface area (Å²) in [6.07, 6.45) is 4.39. The molecule has 1 saturated carbocycles. The molecule has 2 fully saturated rings. The van der Waals surface area contributed by atoms with E-state index in [1.165, 1.54) is 7.11 Å². The molecule has 0 spiro atoms. The van der Waals surface area contributed by atoms with Gasteiger partial charge in [0.2, 0.25) is 0 Å². The Bertz CT molecular complexity index is 780. The van der Waals surface area contributed by atoms with Crippen LogP contribution in [0, 0.1) is 11.8 Å². The van der Waals surface area contributed by atoms with Gasteiger partial charge in [-0.15, -0.1) is 10.2 Å². The molecule has 1 N–H and O–H groups in total. The highest BCUT2D eigenvalue weighted by Crippen LogP contribution is 2.38. The molecule has 28 heavy (non-hydrogen) atoms. The van der Waals surface area contributed by atoms with Gasteiger partial charge in [-0.2, -0.15) is 0 Å². The van der Waals surface area contributed by atoms with E-state index in [1.807, 2.05) is 4.57 Å². The van der Waals surface area contributed by atoms with Crippen LogP contribution in [-0.4, -0.2) is 69.7 Å². The third-order valence-corrected chi connectivity index (χ3v) is 5.86. The summed E-state index contributed by atoms with van der Waals surface area (Å²) in [6.45, 7) is 3.88. The minimum atomic E-state index is -0.473. The number of aliphatic hydroxyl groups excluding tert-OH is 1. The smallest absolute Gasteiger partial charge is 0.337 e. The van der Waals surface area contributed by atoms with Gasteiger partial charge in [0.15, 0.2) is 0 Å². The Morgan fingerprint density at radius 2 is 1.79 bits per heavy atom. The molecule has 4 atom stereocenters. The van der Waals surface area contributed by atoms with Gasteiger partial charge < -0.3 is 24.0 Å². The molecule has 1 saturated heterocycles. The Hall–Kier alpha value is -2.45. The summed E-state index contributed by atoms with van der Waals surface area (Å²) in [4.78, 5) is 14.0. The molecular weight excluding hydrogens is 360 g/mol. The van der Waals surface area contributed by atoms with Crippen LogP contribution in [0.4, 0.5) is 0 Å². The van der Waals surface area contributed by atoms with Crippen LogP contribution < -0.4 is 4.74 Å². The van der Waals surface area contributed by atoms with Crippen LogP contribution in [0.3, 0.4) is 0 Å². The maximum Gasteiger partial charge on any atom is 0.337 e. The van der Waals surface area contributed by atoms with E-state index in [0.29, 0.717) is 23.1 Å². The van der Waals surface area contributed by atoms with E-state index >= 15 is 0 Å². The van der Waals surface area contributed by atoms with E-state index in [2.05, 4.69) is 15.1 Å². The molecule has 150 valence electrons. The first-order valence-corrected chi connectivity index (χ1v) is 9.70. The molecule has 8 heteroatoms. The lowest BCUT2D eigenvalue weighted by molar-refractivity contribution is -0.0231. The number of nitrogens with zero attached hydrogens (tertiary/aromatic N) is 4. The number of aromatic nitrogens is 3. The summed E-state index contributed by atoms with van der Waals surface area (Å²) in [6, 6.07) is 6.87. The van der Waals surface area contributed by atoms with E-state index in [1.54, 1.807) is 36.9 Å². The van der Waals surface area contributed by atoms with Crippen molar-refractivity contribution in [1.29, 1.82) is 0 Å². The molecule has 0 amide bonds. The Balaban J connectivity index is 1.32. The number of carbonyl (C=O) groups is 1. The third kappa shape index (κ3) is 4.18. The van der Waals surface area contributed by atoms with Crippen LogP contribution in [-0.2, 0) is 11.3 Å². The van der Waals surface area contributed by atoms with Crippen molar-refractivity contribution in [3.63, 3.8) is 0 Å². The topological polar surface area (TPSA) is 89.7 Å². The summed E-state index contributed by atoms with van der Waals surface area (Å²) in [5, 5.41) is 18.3. The largest absolute Gasteiger partial charge is 0.488 e. The highest BCUT2D eigenvalue weighted by molar-refractivity contribution is 5.89. The van der Waals surface area contributed by atoms with Gasteiger partial charge in [-0.3, -0.25) is 0 Å². The number of hydrogen-bond donors (Lipinski definition) is 1. The molecule has 2 heterocycles. The summed E-state index contributed by atoms with van der Waals surface area (Å²) < 4.78 is 12.8. The zero-order valence-electron chi connectivity index (χ0n) is 16.0. The van der Waals surface area contributed by atoms with Gasteiger partial charge in [0.1, 0.15) is 24.5 Å². The van der Waals surface area contributed by atoms with Gasteiger partial charge in [0, 0.05) is 26.2 Å². The summed E-state index contributed by atoms with van der Waals surface area (Å²) in [5.74, 6) is 1.34. The van der Waals surface area contributed by atoms with E-state index in [0.717, 1.165) is 39.0 Å². The molecule has 0 bridgehead atoms. The van der Waals surface area contributed by atoms with E-state index < -0.39 is 6.10 Å². The van der Waals surface area contributed by atoms with Crippen LogP contribution in [0.1, 0.15) is 23.2 Å². The fourth-order valence-electron chi connectivity index (χ4n) is 4.35. The zero-order valence-corrected chi connectivity index (χ0v) is 16.0. The van der Waals surface area contributed by atoms with Gasteiger partial charge in [-0.25, -0.2) is 4.79 Å². The minimum Gasteiger partial charge on any atom is -0.488 e. The van der Waals surface area contributed by atoms with Gasteiger partial charge in [-0.05, 0) is 48.9 Å². The summed E-state index contributed by atoms with van der Waals surface area (Å²) >= 11 is 0. The molecule has 1 aromatic heterocycles. The van der Waals surface area contributed by atoms with Gasteiger partial charge in [0.05, 0.1) is 18.8 Å². The first-order chi connectivity index (χ1) is 13.6. The number of methoxy groups -OCH3 is 1. The first-order valence-electron chi connectivity index (χ1n) is 9.70. The second-order valence-corrected chi connectivity index (χ2v) is 7.69. The lowest BCUT2D eigenvalue weighted by atomic mass is 9.78. The normalized spacial score (nSPS) is 27.4. The Labute approximate surface area is 164 Å². The van der Waals surface area contributed by atoms with Gasteiger partial charge in [-0.1, -0.05) is 0 Å². The average molecular weight is 386 g/mol. The minimum absolute atomic E-state index is 0.219. The SMILES string of the molecule is COC(=O)c1ccc(O[C@@H]2C[C@@H]3CN(CCn4cnnc4)C[C@@H]3C[C@H]2O)cc1. The number of rotatable bonds is 6.